The molecule has 0 aliphatic carbocycles. The minimum atomic E-state index is -4.75. The van der Waals surface area contributed by atoms with Gasteiger partial charge in [-0.15, -0.1) is 0 Å². The van der Waals surface area contributed by atoms with Crippen LogP contribution in [0.2, 0.25) is 0 Å². The number of rotatable bonds is 5. The lowest BCUT2D eigenvalue weighted by Crippen LogP contribution is -2.27. The Hall–Kier alpha value is -2.91. The van der Waals surface area contributed by atoms with Crippen LogP contribution in [-0.2, 0) is 6.18 Å². The Kier molecular flexibility index (Phi) is 5.38. The van der Waals surface area contributed by atoms with E-state index < -0.39 is 29.0 Å². The molecule has 1 N–H and O–H groups in total. The van der Waals surface area contributed by atoms with Gasteiger partial charge in [-0.3, -0.25) is 0 Å². The highest BCUT2D eigenvalue weighted by molar-refractivity contribution is 5.49. The third-order valence-electron chi connectivity index (χ3n) is 4.31. The second-order valence-corrected chi connectivity index (χ2v) is 7.56. The lowest BCUT2D eigenvalue weighted by atomic mass is 9.82. The average Bonchev–Trinajstić information content (AvgIpc) is 3.06. The molecule has 29 heavy (non-hydrogen) atoms. The Morgan fingerprint density at radius 2 is 1.90 bits per heavy atom. The molecule has 6 nitrogen and oxygen atoms in total. The minimum absolute atomic E-state index is 0.296. The maximum atomic E-state index is 14.2. The van der Waals surface area contributed by atoms with Crippen LogP contribution >= 0.6 is 0 Å². The summed E-state index contributed by atoms with van der Waals surface area (Å²) in [4.78, 5) is 8.28. The summed E-state index contributed by atoms with van der Waals surface area (Å²) in [6, 6.07) is 4.02. The Bertz CT molecular complexity index is 1010. The third-order valence-corrected chi connectivity index (χ3v) is 4.31. The molecule has 0 saturated carbocycles. The van der Waals surface area contributed by atoms with E-state index >= 15 is 0 Å². The van der Waals surface area contributed by atoms with E-state index in [1.807, 2.05) is 27.7 Å². The molecule has 2 aromatic heterocycles. The summed E-state index contributed by atoms with van der Waals surface area (Å²) in [7, 11) is 0. The number of nitrogens with one attached hydrogen (secondary N) is 1. The van der Waals surface area contributed by atoms with Gasteiger partial charge in [0.25, 0.3) is 5.78 Å². The van der Waals surface area contributed by atoms with Crippen LogP contribution in [0.1, 0.15) is 44.9 Å². The zero-order valence-electron chi connectivity index (χ0n) is 16.4. The summed E-state index contributed by atoms with van der Waals surface area (Å²) in [5.74, 6) is -0.232. The van der Waals surface area contributed by atoms with Crippen molar-refractivity contribution in [3.63, 3.8) is 0 Å². The lowest BCUT2D eigenvalue weighted by molar-refractivity contribution is -0.140. The van der Waals surface area contributed by atoms with Crippen LogP contribution in [0, 0.1) is 11.2 Å². The number of hydrogen-bond acceptors (Lipinski definition) is 5. The highest BCUT2D eigenvalue weighted by Crippen LogP contribution is 2.39. The van der Waals surface area contributed by atoms with Gasteiger partial charge < -0.3 is 10.1 Å². The van der Waals surface area contributed by atoms with Crippen LogP contribution in [0.5, 0.6) is 5.88 Å². The maximum absolute atomic E-state index is 14.2. The van der Waals surface area contributed by atoms with Crippen LogP contribution in [0.15, 0.2) is 30.6 Å². The van der Waals surface area contributed by atoms with Gasteiger partial charge in [0.2, 0.25) is 5.88 Å². The number of nitrogens with zero attached hydrogens (tertiary/aromatic N) is 4. The smallest absolute Gasteiger partial charge is 0.419 e. The zero-order chi connectivity index (χ0) is 21.4. The Morgan fingerprint density at radius 3 is 2.48 bits per heavy atom. The first kappa shape index (κ1) is 20.8. The van der Waals surface area contributed by atoms with Gasteiger partial charge in [-0.2, -0.15) is 32.8 Å². The van der Waals surface area contributed by atoms with Gasteiger partial charge >= 0.3 is 6.18 Å². The average molecular weight is 411 g/mol. The molecule has 0 fully saturated rings. The van der Waals surface area contributed by atoms with Gasteiger partial charge in [0.05, 0.1) is 18.2 Å². The van der Waals surface area contributed by atoms with E-state index in [0.29, 0.717) is 29.6 Å². The number of halogens is 4. The van der Waals surface area contributed by atoms with Crippen molar-refractivity contribution in [3.05, 3.63) is 47.5 Å². The topological polar surface area (TPSA) is 64.3 Å². The molecule has 10 heteroatoms. The van der Waals surface area contributed by atoms with Gasteiger partial charge in [-0.25, -0.2) is 4.39 Å². The van der Waals surface area contributed by atoms with E-state index in [1.165, 1.54) is 16.9 Å². The molecule has 0 spiro atoms. The molecule has 2 heterocycles. The Balaban J connectivity index is 2.05. The molecule has 0 unspecified atom stereocenters. The van der Waals surface area contributed by atoms with Crippen LogP contribution in [0.3, 0.4) is 0 Å². The molecular weight excluding hydrogens is 390 g/mol. The first-order chi connectivity index (χ1) is 13.5. The second-order valence-electron chi connectivity index (χ2n) is 7.56. The van der Waals surface area contributed by atoms with E-state index in [1.54, 1.807) is 6.07 Å². The van der Waals surface area contributed by atoms with Gasteiger partial charge in [0.15, 0.2) is 0 Å². The number of hydrogen-bond donors (Lipinski definition) is 1. The first-order valence-electron chi connectivity index (χ1n) is 8.97. The number of benzene rings is 1. The normalized spacial score (nSPS) is 13.5. The van der Waals surface area contributed by atoms with Crippen LogP contribution < -0.4 is 10.1 Å². The summed E-state index contributed by atoms with van der Waals surface area (Å²) in [5.41, 5.74) is -1.41. The molecule has 0 amide bonds. The van der Waals surface area contributed by atoms with E-state index in [-0.39, 0.29) is 0 Å². The van der Waals surface area contributed by atoms with E-state index in [0.717, 1.165) is 12.1 Å². The number of ether oxygens (including phenoxy) is 1. The van der Waals surface area contributed by atoms with Crippen molar-refractivity contribution in [1.29, 1.82) is 0 Å². The first-order valence-corrected chi connectivity index (χ1v) is 8.97. The van der Waals surface area contributed by atoms with Gasteiger partial charge in [0.1, 0.15) is 18.0 Å². The fourth-order valence-electron chi connectivity index (χ4n) is 3.00. The molecule has 1 aromatic carbocycles. The van der Waals surface area contributed by atoms with E-state index in [9.17, 15) is 17.6 Å². The number of anilines is 1. The molecule has 1 atom stereocenters. The van der Waals surface area contributed by atoms with Crippen molar-refractivity contribution in [1.82, 2.24) is 19.6 Å². The van der Waals surface area contributed by atoms with Crippen molar-refractivity contribution >= 4 is 11.6 Å². The number of aromatic nitrogens is 4. The van der Waals surface area contributed by atoms with Crippen LogP contribution in [0.4, 0.5) is 23.4 Å². The van der Waals surface area contributed by atoms with Gasteiger partial charge in [0, 0.05) is 6.07 Å². The molecule has 0 saturated heterocycles. The van der Waals surface area contributed by atoms with Gasteiger partial charge in [-0.1, -0.05) is 26.8 Å². The molecule has 0 aliphatic heterocycles. The lowest BCUT2D eigenvalue weighted by Gasteiger charge is -2.33. The zero-order valence-corrected chi connectivity index (χ0v) is 16.4. The highest BCUT2D eigenvalue weighted by Gasteiger charge is 2.35. The molecule has 3 aromatic rings. The molecule has 3 rings (SSSR count). The monoisotopic (exact) mass is 411 g/mol. The van der Waals surface area contributed by atoms with E-state index in [4.69, 9.17) is 4.74 Å². The highest BCUT2D eigenvalue weighted by atomic mass is 19.4. The largest absolute Gasteiger partial charge is 0.478 e. The summed E-state index contributed by atoms with van der Waals surface area (Å²) in [6.45, 7) is 7.88. The standard InChI is InChI=1S/C19H21F4N5O/c1-5-29-15-9-14(28-17(27-15)24-10-25-28)26-16(18(2,3)4)11-6-7-12(13(20)8-11)19(21,22)23/h6-10,16,26H,5H2,1-4H3/t16-/m0/s1. The van der Waals surface area contributed by atoms with Crippen molar-refractivity contribution in [2.75, 3.05) is 11.9 Å². The Labute approximate surface area is 164 Å². The Morgan fingerprint density at radius 1 is 1.17 bits per heavy atom. The summed E-state index contributed by atoms with van der Waals surface area (Å²) >= 11 is 0. The van der Waals surface area contributed by atoms with Crippen LogP contribution in [-0.4, -0.2) is 26.2 Å². The fourth-order valence-corrected chi connectivity index (χ4v) is 3.00. The molecule has 0 aliphatic rings. The second kappa shape index (κ2) is 7.49. The number of fused-ring (bicyclic) bond motifs is 1. The van der Waals surface area contributed by atoms with Crippen molar-refractivity contribution in [2.24, 2.45) is 5.41 Å². The third kappa shape index (κ3) is 4.41. The van der Waals surface area contributed by atoms with Crippen LogP contribution in [0.25, 0.3) is 5.78 Å². The SMILES string of the molecule is CCOc1cc(N[C@@H](c2ccc(C(F)(F)F)c(F)c2)C(C)(C)C)n2ncnc2n1. The van der Waals surface area contributed by atoms with Gasteiger partial charge in [-0.05, 0) is 30.0 Å². The molecule has 156 valence electrons. The summed E-state index contributed by atoms with van der Waals surface area (Å²) in [5, 5.41) is 7.36. The quantitative estimate of drug-likeness (QED) is 0.607. The molecule has 0 radical (unpaired) electrons. The minimum Gasteiger partial charge on any atom is -0.478 e. The summed E-state index contributed by atoms with van der Waals surface area (Å²) < 4.78 is 59.9. The summed E-state index contributed by atoms with van der Waals surface area (Å²) in [6.07, 6.45) is -3.43. The van der Waals surface area contributed by atoms with E-state index in [2.05, 4.69) is 20.4 Å². The predicted molar refractivity (Wildman–Crippen MR) is 99.2 cm³/mol. The fraction of sp³-hybridized carbons (Fsp3) is 0.421. The maximum Gasteiger partial charge on any atom is 0.419 e. The number of alkyl halides is 3. The molecule has 0 bridgehead atoms. The van der Waals surface area contributed by atoms with Crippen molar-refractivity contribution in [3.8, 4) is 5.88 Å². The molecular formula is C19H21F4N5O. The predicted octanol–water partition coefficient (Wildman–Crippen LogP) is 4.88. The van der Waals surface area contributed by atoms with Crippen molar-refractivity contribution in [2.45, 2.75) is 39.9 Å². The van der Waals surface area contributed by atoms with Crippen molar-refractivity contribution < 1.29 is 22.3 Å².